The lowest BCUT2D eigenvalue weighted by molar-refractivity contribution is -0.143. The summed E-state index contributed by atoms with van der Waals surface area (Å²) in [6.07, 6.45) is 1.52. The molecule has 0 aromatic heterocycles. The lowest BCUT2D eigenvalue weighted by atomic mass is 10.1. The number of rotatable bonds is 9. The molecule has 1 N–H and O–H groups in total. The molecule has 2 aromatic carbocycles. The predicted molar refractivity (Wildman–Crippen MR) is 140 cm³/mol. The summed E-state index contributed by atoms with van der Waals surface area (Å²) in [6.45, 7) is 3.15. The Morgan fingerprint density at radius 2 is 1.94 bits per heavy atom. The minimum atomic E-state index is -0.594. The maximum Gasteiger partial charge on any atom is 0.343 e. The lowest BCUT2D eigenvalue weighted by Gasteiger charge is -2.14. The molecule has 1 heterocycles. The van der Waals surface area contributed by atoms with Crippen molar-refractivity contribution < 1.29 is 33.4 Å². The lowest BCUT2D eigenvalue weighted by Crippen LogP contribution is -2.36. The van der Waals surface area contributed by atoms with Crippen LogP contribution in [0.25, 0.3) is 6.08 Å². The summed E-state index contributed by atoms with van der Waals surface area (Å²) in [5.41, 5.74) is 1.83. The molecule has 0 atom stereocenters. The number of ether oxygens (including phenoxy) is 3. The number of amides is 3. The fourth-order valence-corrected chi connectivity index (χ4v) is 4.70. The molecule has 1 saturated heterocycles. The van der Waals surface area contributed by atoms with Crippen LogP contribution in [0.15, 0.2) is 39.7 Å². The van der Waals surface area contributed by atoms with E-state index in [1.807, 2.05) is 0 Å². The van der Waals surface area contributed by atoms with Gasteiger partial charge in [0.15, 0.2) is 18.1 Å². The summed E-state index contributed by atoms with van der Waals surface area (Å²) in [7, 11) is 1.25. The standard InChI is InChI=1S/C24H22BrClN2O7S/c1-4-34-18-8-14(7-16(25)22(18)35-12-21(30)33-3)9-19-23(31)28(24(32)36-19)11-20(29)27-17-10-15(26)6-5-13(17)2/h5-10H,4,11-12H2,1-3H3,(H,27,29)/b19-9-. The zero-order chi connectivity index (χ0) is 26.4. The highest BCUT2D eigenvalue weighted by atomic mass is 79.9. The Morgan fingerprint density at radius 1 is 1.19 bits per heavy atom. The number of hydrogen-bond acceptors (Lipinski definition) is 8. The molecule has 0 bridgehead atoms. The third-order valence-electron chi connectivity index (χ3n) is 4.84. The first-order valence-corrected chi connectivity index (χ1v) is 12.6. The molecule has 0 saturated carbocycles. The van der Waals surface area contributed by atoms with E-state index in [-0.39, 0.29) is 11.5 Å². The molecule has 2 aromatic rings. The Kier molecular flexibility index (Phi) is 9.41. The van der Waals surface area contributed by atoms with Crippen molar-refractivity contribution in [1.29, 1.82) is 0 Å². The quantitative estimate of drug-likeness (QED) is 0.316. The van der Waals surface area contributed by atoms with Crippen LogP contribution in [0.5, 0.6) is 11.5 Å². The second-order valence-electron chi connectivity index (χ2n) is 7.40. The third kappa shape index (κ3) is 6.80. The highest BCUT2D eigenvalue weighted by Gasteiger charge is 2.36. The maximum absolute atomic E-state index is 12.9. The first-order chi connectivity index (χ1) is 17.1. The zero-order valence-electron chi connectivity index (χ0n) is 19.6. The van der Waals surface area contributed by atoms with Gasteiger partial charge in [-0.2, -0.15) is 0 Å². The molecular formula is C24H22BrClN2O7S. The highest BCUT2D eigenvalue weighted by Crippen LogP contribution is 2.39. The molecule has 0 unspecified atom stereocenters. The zero-order valence-corrected chi connectivity index (χ0v) is 22.7. The van der Waals surface area contributed by atoms with Crippen LogP contribution in [0, 0.1) is 6.92 Å². The molecule has 1 fully saturated rings. The van der Waals surface area contributed by atoms with Gasteiger partial charge < -0.3 is 19.5 Å². The molecule has 1 aliphatic rings. The number of methoxy groups -OCH3 is 1. The molecular weight excluding hydrogens is 576 g/mol. The van der Waals surface area contributed by atoms with Crippen LogP contribution in [0.4, 0.5) is 10.5 Å². The Balaban J connectivity index is 1.77. The van der Waals surface area contributed by atoms with Crippen LogP contribution >= 0.6 is 39.3 Å². The van der Waals surface area contributed by atoms with Crippen LogP contribution in [-0.2, 0) is 19.1 Å². The number of carbonyl (C=O) groups is 4. The molecule has 1 aliphatic heterocycles. The average molecular weight is 598 g/mol. The number of nitrogens with zero attached hydrogens (tertiary/aromatic N) is 1. The Hall–Kier alpha value is -3.02. The van der Waals surface area contributed by atoms with Crippen molar-refractivity contribution in [2.75, 3.05) is 32.2 Å². The molecule has 190 valence electrons. The van der Waals surface area contributed by atoms with Crippen LogP contribution in [-0.4, -0.2) is 54.8 Å². The smallest absolute Gasteiger partial charge is 0.343 e. The van der Waals surface area contributed by atoms with E-state index in [1.165, 1.54) is 13.2 Å². The number of nitrogens with one attached hydrogen (secondary N) is 1. The number of thioether (sulfide) groups is 1. The number of esters is 1. The SMILES string of the molecule is CCOc1cc(/C=C2\SC(=O)N(CC(=O)Nc3cc(Cl)ccc3C)C2=O)cc(Br)c1OCC(=O)OC. The van der Waals surface area contributed by atoms with E-state index in [1.54, 1.807) is 44.2 Å². The van der Waals surface area contributed by atoms with Gasteiger partial charge in [0.05, 0.1) is 23.1 Å². The second-order valence-corrected chi connectivity index (χ2v) is 9.69. The van der Waals surface area contributed by atoms with Gasteiger partial charge in [-0.25, -0.2) is 4.79 Å². The minimum Gasteiger partial charge on any atom is -0.490 e. The Labute approximate surface area is 225 Å². The predicted octanol–water partition coefficient (Wildman–Crippen LogP) is 5.04. The van der Waals surface area contributed by atoms with Crippen LogP contribution in [0.1, 0.15) is 18.1 Å². The van der Waals surface area contributed by atoms with Crippen molar-refractivity contribution >= 4 is 74.1 Å². The van der Waals surface area contributed by atoms with Gasteiger partial charge in [0.2, 0.25) is 5.91 Å². The fourth-order valence-electron chi connectivity index (χ4n) is 3.11. The first kappa shape index (κ1) is 27.6. The first-order valence-electron chi connectivity index (χ1n) is 10.6. The van der Waals surface area contributed by atoms with E-state index in [0.29, 0.717) is 38.9 Å². The molecule has 3 rings (SSSR count). The van der Waals surface area contributed by atoms with E-state index < -0.39 is 29.6 Å². The van der Waals surface area contributed by atoms with Gasteiger partial charge in [-0.05, 0) is 83.0 Å². The van der Waals surface area contributed by atoms with E-state index >= 15 is 0 Å². The van der Waals surface area contributed by atoms with Gasteiger partial charge in [0, 0.05) is 10.7 Å². The monoisotopic (exact) mass is 596 g/mol. The van der Waals surface area contributed by atoms with Crippen LogP contribution in [0.3, 0.4) is 0 Å². The van der Waals surface area contributed by atoms with Crippen LogP contribution < -0.4 is 14.8 Å². The number of benzene rings is 2. The number of carbonyl (C=O) groups excluding carboxylic acids is 4. The van der Waals surface area contributed by atoms with Crippen molar-refractivity contribution in [2.24, 2.45) is 0 Å². The van der Waals surface area contributed by atoms with Gasteiger partial charge in [0.25, 0.3) is 11.1 Å². The summed E-state index contributed by atoms with van der Waals surface area (Å²) in [6, 6.07) is 8.30. The number of imide groups is 1. The minimum absolute atomic E-state index is 0.143. The topological polar surface area (TPSA) is 111 Å². The van der Waals surface area contributed by atoms with Gasteiger partial charge in [-0.15, -0.1) is 0 Å². The summed E-state index contributed by atoms with van der Waals surface area (Å²) >= 11 is 10.1. The largest absolute Gasteiger partial charge is 0.490 e. The van der Waals surface area contributed by atoms with Crippen molar-refractivity contribution in [1.82, 2.24) is 4.90 Å². The molecule has 9 nitrogen and oxygen atoms in total. The van der Waals surface area contributed by atoms with E-state index in [9.17, 15) is 19.2 Å². The van der Waals surface area contributed by atoms with E-state index in [2.05, 4.69) is 26.0 Å². The van der Waals surface area contributed by atoms with E-state index in [4.69, 9.17) is 21.1 Å². The molecule has 36 heavy (non-hydrogen) atoms. The fraction of sp³-hybridized carbons (Fsp3) is 0.250. The molecule has 3 amide bonds. The number of aryl methyl sites for hydroxylation is 1. The number of hydrogen-bond donors (Lipinski definition) is 1. The number of anilines is 1. The van der Waals surface area contributed by atoms with Gasteiger partial charge in [0.1, 0.15) is 6.54 Å². The van der Waals surface area contributed by atoms with E-state index in [0.717, 1.165) is 22.2 Å². The average Bonchev–Trinajstić information content (AvgIpc) is 3.08. The number of halogens is 2. The van der Waals surface area contributed by atoms with Crippen molar-refractivity contribution in [3.63, 3.8) is 0 Å². The summed E-state index contributed by atoms with van der Waals surface area (Å²) in [4.78, 5) is 50.4. The highest BCUT2D eigenvalue weighted by molar-refractivity contribution is 9.10. The van der Waals surface area contributed by atoms with Gasteiger partial charge in [-0.1, -0.05) is 17.7 Å². The normalized spacial score (nSPS) is 14.2. The maximum atomic E-state index is 12.9. The van der Waals surface area contributed by atoms with Crippen molar-refractivity contribution in [3.05, 3.63) is 55.9 Å². The molecule has 12 heteroatoms. The summed E-state index contributed by atoms with van der Waals surface area (Å²) < 4.78 is 16.2. The van der Waals surface area contributed by atoms with Gasteiger partial charge >= 0.3 is 5.97 Å². The van der Waals surface area contributed by atoms with Crippen molar-refractivity contribution in [2.45, 2.75) is 13.8 Å². The summed E-state index contributed by atoms with van der Waals surface area (Å²) in [5, 5.41) is 2.56. The summed E-state index contributed by atoms with van der Waals surface area (Å²) in [5.74, 6) is -1.06. The Bertz CT molecular complexity index is 1250. The molecule has 0 aliphatic carbocycles. The molecule has 0 spiro atoms. The van der Waals surface area contributed by atoms with Crippen molar-refractivity contribution in [3.8, 4) is 11.5 Å². The van der Waals surface area contributed by atoms with Crippen LogP contribution in [0.2, 0.25) is 5.02 Å². The third-order valence-corrected chi connectivity index (χ3v) is 6.57. The van der Waals surface area contributed by atoms with Gasteiger partial charge in [-0.3, -0.25) is 19.3 Å². The molecule has 0 radical (unpaired) electrons. The Morgan fingerprint density at radius 3 is 2.64 bits per heavy atom. The second kappa shape index (κ2) is 12.3.